The van der Waals surface area contributed by atoms with Gasteiger partial charge in [0, 0.05) is 47.4 Å². The topological polar surface area (TPSA) is 82.6 Å². The van der Waals surface area contributed by atoms with E-state index < -0.39 is 0 Å². The van der Waals surface area contributed by atoms with Gasteiger partial charge in [-0.15, -0.1) is 0 Å². The van der Waals surface area contributed by atoms with Gasteiger partial charge in [-0.1, -0.05) is 29.8 Å². The molecule has 4 aromatic rings. The monoisotopic (exact) mass is 441 g/mol. The van der Waals surface area contributed by atoms with Crippen LogP contribution < -0.4 is 19.5 Å². The second-order valence-corrected chi connectivity index (χ2v) is 7.30. The molecule has 166 valence electrons. The normalized spacial score (nSPS) is 10.4. The maximum absolute atomic E-state index is 12.6. The van der Waals surface area contributed by atoms with Crippen molar-refractivity contribution >= 4 is 11.6 Å². The van der Waals surface area contributed by atoms with Gasteiger partial charge in [0.15, 0.2) is 0 Å². The summed E-state index contributed by atoms with van der Waals surface area (Å²) in [5, 5.41) is 2.84. The van der Waals surface area contributed by atoms with E-state index in [0.717, 1.165) is 11.1 Å². The Morgan fingerprint density at radius 3 is 1.94 bits per heavy atom. The highest BCUT2D eigenvalue weighted by atomic mass is 16.5. The standard InChI is InChI=1S/C26H23N3O4/c1-17-4-6-18(7-5-17)20-15-27-26(28-16-20)33-22-10-8-19(9-11-22)25(30)29-21-12-23(31-2)14-24(13-21)32-3/h4-16H,1-3H3,(H,29,30). The molecule has 3 aromatic carbocycles. The average molecular weight is 441 g/mol. The molecular formula is C26H23N3O4. The van der Waals surface area contributed by atoms with Crippen molar-refractivity contribution in [3.8, 4) is 34.4 Å². The van der Waals surface area contributed by atoms with Crippen LogP contribution in [0.5, 0.6) is 23.3 Å². The Kier molecular flexibility index (Phi) is 6.50. The Balaban J connectivity index is 1.41. The predicted octanol–water partition coefficient (Wildman–Crippen LogP) is 5.51. The zero-order chi connectivity index (χ0) is 23.2. The number of hydrogen-bond acceptors (Lipinski definition) is 6. The van der Waals surface area contributed by atoms with Crippen molar-refractivity contribution in [1.29, 1.82) is 0 Å². The number of nitrogens with one attached hydrogen (secondary N) is 1. The molecule has 7 nitrogen and oxygen atoms in total. The molecule has 1 aromatic heterocycles. The van der Waals surface area contributed by atoms with Gasteiger partial charge in [-0.05, 0) is 36.8 Å². The number of aryl methyl sites for hydroxylation is 1. The molecule has 0 aliphatic rings. The van der Waals surface area contributed by atoms with Crippen LogP contribution in [0, 0.1) is 6.92 Å². The molecule has 0 spiro atoms. The number of carbonyl (C=O) groups is 1. The van der Waals surface area contributed by atoms with Crippen molar-refractivity contribution in [2.75, 3.05) is 19.5 Å². The van der Waals surface area contributed by atoms with E-state index >= 15 is 0 Å². The number of benzene rings is 3. The first-order valence-electron chi connectivity index (χ1n) is 10.3. The van der Waals surface area contributed by atoms with Gasteiger partial charge in [0.1, 0.15) is 17.2 Å². The maximum atomic E-state index is 12.6. The Bertz CT molecular complexity index is 1220. The third-order valence-electron chi connectivity index (χ3n) is 4.95. The Morgan fingerprint density at radius 2 is 1.36 bits per heavy atom. The summed E-state index contributed by atoms with van der Waals surface area (Å²) in [4.78, 5) is 21.2. The van der Waals surface area contributed by atoms with Gasteiger partial charge in [-0.25, -0.2) is 9.97 Å². The number of nitrogens with zero attached hydrogens (tertiary/aromatic N) is 2. The number of rotatable bonds is 7. The van der Waals surface area contributed by atoms with Crippen LogP contribution in [0.2, 0.25) is 0 Å². The number of ether oxygens (including phenoxy) is 3. The zero-order valence-corrected chi connectivity index (χ0v) is 18.5. The first-order valence-corrected chi connectivity index (χ1v) is 10.3. The second-order valence-electron chi connectivity index (χ2n) is 7.30. The van der Waals surface area contributed by atoms with Crippen LogP contribution in [0.3, 0.4) is 0 Å². The minimum absolute atomic E-state index is 0.228. The molecule has 0 radical (unpaired) electrons. The minimum Gasteiger partial charge on any atom is -0.497 e. The summed E-state index contributed by atoms with van der Waals surface area (Å²) < 4.78 is 16.2. The summed E-state index contributed by atoms with van der Waals surface area (Å²) in [6, 6.07) is 20.3. The van der Waals surface area contributed by atoms with Gasteiger partial charge in [0.2, 0.25) is 0 Å². The lowest BCUT2D eigenvalue weighted by Crippen LogP contribution is -2.12. The molecule has 0 saturated carbocycles. The SMILES string of the molecule is COc1cc(NC(=O)c2ccc(Oc3ncc(-c4ccc(C)cc4)cn3)cc2)cc(OC)c1. The van der Waals surface area contributed by atoms with Gasteiger partial charge in [-0.2, -0.15) is 0 Å². The number of carbonyl (C=O) groups excluding carboxylic acids is 1. The number of anilines is 1. The van der Waals surface area contributed by atoms with E-state index in [4.69, 9.17) is 14.2 Å². The second kappa shape index (κ2) is 9.82. The van der Waals surface area contributed by atoms with Crippen LogP contribution in [-0.4, -0.2) is 30.1 Å². The molecule has 0 aliphatic heterocycles. The fourth-order valence-corrected chi connectivity index (χ4v) is 3.13. The van der Waals surface area contributed by atoms with E-state index in [2.05, 4.69) is 15.3 Å². The lowest BCUT2D eigenvalue weighted by molar-refractivity contribution is 0.102. The summed E-state index contributed by atoms with van der Waals surface area (Å²) in [6.07, 6.45) is 3.44. The molecule has 0 aliphatic carbocycles. The average Bonchev–Trinajstić information content (AvgIpc) is 2.85. The molecule has 0 atom stereocenters. The van der Waals surface area contributed by atoms with Crippen molar-refractivity contribution in [3.05, 3.63) is 90.3 Å². The largest absolute Gasteiger partial charge is 0.497 e. The molecule has 0 fully saturated rings. The van der Waals surface area contributed by atoms with E-state index in [1.54, 1.807) is 69.1 Å². The van der Waals surface area contributed by atoms with Gasteiger partial charge in [-0.3, -0.25) is 4.79 Å². The minimum atomic E-state index is -0.268. The van der Waals surface area contributed by atoms with E-state index in [1.165, 1.54) is 5.56 Å². The van der Waals surface area contributed by atoms with Crippen LogP contribution in [0.25, 0.3) is 11.1 Å². The highest BCUT2D eigenvalue weighted by Gasteiger charge is 2.10. The van der Waals surface area contributed by atoms with Crippen molar-refractivity contribution < 1.29 is 19.0 Å². The third kappa shape index (κ3) is 5.46. The van der Waals surface area contributed by atoms with Crippen LogP contribution >= 0.6 is 0 Å². The Morgan fingerprint density at radius 1 is 0.758 bits per heavy atom. The van der Waals surface area contributed by atoms with Crippen molar-refractivity contribution in [3.63, 3.8) is 0 Å². The third-order valence-corrected chi connectivity index (χ3v) is 4.95. The molecule has 1 heterocycles. The lowest BCUT2D eigenvalue weighted by atomic mass is 10.1. The Labute approximate surface area is 192 Å². The molecular weight excluding hydrogens is 418 g/mol. The number of hydrogen-bond donors (Lipinski definition) is 1. The molecule has 7 heteroatoms. The predicted molar refractivity (Wildman–Crippen MR) is 126 cm³/mol. The molecule has 1 amide bonds. The number of aromatic nitrogens is 2. The fraction of sp³-hybridized carbons (Fsp3) is 0.115. The van der Waals surface area contributed by atoms with Crippen molar-refractivity contribution in [2.24, 2.45) is 0 Å². The fourth-order valence-electron chi connectivity index (χ4n) is 3.13. The molecule has 0 unspecified atom stereocenters. The Hall–Kier alpha value is -4.39. The van der Waals surface area contributed by atoms with Gasteiger partial charge in [0.25, 0.3) is 5.91 Å². The summed E-state index contributed by atoms with van der Waals surface area (Å²) in [5.74, 6) is 1.43. The molecule has 4 rings (SSSR count). The summed E-state index contributed by atoms with van der Waals surface area (Å²) in [7, 11) is 3.11. The van der Waals surface area contributed by atoms with Crippen molar-refractivity contribution in [1.82, 2.24) is 9.97 Å². The maximum Gasteiger partial charge on any atom is 0.321 e. The summed E-state index contributed by atoms with van der Waals surface area (Å²) in [6.45, 7) is 2.04. The lowest BCUT2D eigenvalue weighted by Gasteiger charge is -2.10. The van der Waals surface area contributed by atoms with Gasteiger partial charge in [0.05, 0.1) is 14.2 Å². The first-order chi connectivity index (χ1) is 16.0. The van der Waals surface area contributed by atoms with Crippen LogP contribution in [0.4, 0.5) is 5.69 Å². The highest BCUT2D eigenvalue weighted by molar-refractivity contribution is 6.04. The number of amides is 1. The molecule has 33 heavy (non-hydrogen) atoms. The zero-order valence-electron chi connectivity index (χ0n) is 18.5. The highest BCUT2D eigenvalue weighted by Crippen LogP contribution is 2.27. The van der Waals surface area contributed by atoms with Crippen LogP contribution in [-0.2, 0) is 0 Å². The van der Waals surface area contributed by atoms with E-state index in [9.17, 15) is 4.79 Å². The van der Waals surface area contributed by atoms with Crippen LogP contribution in [0.15, 0.2) is 79.1 Å². The first kappa shape index (κ1) is 21.8. The van der Waals surface area contributed by atoms with Crippen molar-refractivity contribution in [2.45, 2.75) is 6.92 Å². The van der Waals surface area contributed by atoms with E-state index in [1.807, 2.05) is 31.2 Å². The molecule has 0 saturated heterocycles. The smallest absolute Gasteiger partial charge is 0.321 e. The summed E-state index contributed by atoms with van der Waals surface area (Å²) >= 11 is 0. The van der Waals surface area contributed by atoms with E-state index in [-0.39, 0.29) is 11.9 Å². The molecule has 0 bridgehead atoms. The summed E-state index contributed by atoms with van der Waals surface area (Å²) in [5.41, 5.74) is 4.18. The quantitative estimate of drug-likeness (QED) is 0.407. The van der Waals surface area contributed by atoms with Gasteiger partial charge >= 0.3 is 6.01 Å². The van der Waals surface area contributed by atoms with E-state index in [0.29, 0.717) is 28.5 Å². The molecule has 1 N–H and O–H groups in total. The number of methoxy groups -OCH3 is 2. The van der Waals surface area contributed by atoms with Crippen LogP contribution in [0.1, 0.15) is 15.9 Å². The van der Waals surface area contributed by atoms with Gasteiger partial charge < -0.3 is 19.5 Å².